The molecule has 2 aliphatic heterocycles. The molecule has 2 bridgehead atoms. The van der Waals surface area contributed by atoms with Crippen LogP contribution in [0.5, 0.6) is 5.75 Å². The van der Waals surface area contributed by atoms with Crippen LogP contribution in [0.1, 0.15) is 43.6 Å². The van der Waals surface area contributed by atoms with E-state index in [1.54, 1.807) is 18.2 Å². The van der Waals surface area contributed by atoms with Gasteiger partial charge >= 0.3 is 6.61 Å². The highest BCUT2D eigenvalue weighted by molar-refractivity contribution is 5.83. The van der Waals surface area contributed by atoms with E-state index in [2.05, 4.69) is 10.1 Å². The van der Waals surface area contributed by atoms with Crippen LogP contribution in [0, 0.1) is 5.92 Å². The minimum absolute atomic E-state index is 0.0108. The number of piperidine rings is 1. The predicted octanol–water partition coefficient (Wildman–Crippen LogP) is 3.13. The molecular formula is C19H24F2N2O2. The van der Waals surface area contributed by atoms with Gasteiger partial charge in [0, 0.05) is 31.1 Å². The number of carbonyl (C=O) groups excluding carboxylic acids is 1. The highest BCUT2D eigenvalue weighted by Gasteiger charge is 2.48. The predicted molar refractivity (Wildman–Crippen MR) is 89.7 cm³/mol. The van der Waals surface area contributed by atoms with Gasteiger partial charge < -0.3 is 15.0 Å². The van der Waals surface area contributed by atoms with Crippen LogP contribution in [0.3, 0.4) is 0 Å². The fraction of sp³-hybridized carbons (Fsp3) is 0.632. The van der Waals surface area contributed by atoms with E-state index in [4.69, 9.17) is 0 Å². The summed E-state index contributed by atoms with van der Waals surface area (Å²) in [4.78, 5) is 14.8. The van der Waals surface area contributed by atoms with Crippen molar-refractivity contribution in [2.24, 2.45) is 5.92 Å². The first-order chi connectivity index (χ1) is 12.0. The van der Waals surface area contributed by atoms with E-state index in [1.165, 1.54) is 12.8 Å². The number of carbonyl (C=O) groups is 1. The van der Waals surface area contributed by atoms with Crippen LogP contribution in [0.25, 0.3) is 0 Å². The Hall–Kier alpha value is -1.69. The lowest BCUT2D eigenvalue weighted by Gasteiger charge is -2.35. The van der Waals surface area contributed by atoms with Gasteiger partial charge in [-0.25, -0.2) is 0 Å². The highest BCUT2D eigenvalue weighted by atomic mass is 19.3. The summed E-state index contributed by atoms with van der Waals surface area (Å²) in [6.45, 7) is -2.85. The molecule has 1 amide bonds. The normalized spacial score (nSPS) is 33.4. The first-order valence-electron chi connectivity index (χ1n) is 9.09. The van der Waals surface area contributed by atoms with Gasteiger partial charge in [0.05, 0.1) is 0 Å². The van der Waals surface area contributed by atoms with Gasteiger partial charge in [-0.05, 0) is 49.7 Å². The van der Waals surface area contributed by atoms with Crippen molar-refractivity contribution in [2.75, 3.05) is 7.05 Å². The summed E-state index contributed by atoms with van der Waals surface area (Å²) < 4.78 is 29.8. The van der Waals surface area contributed by atoms with Crippen LogP contribution in [0.4, 0.5) is 8.78 Å². The number of rotatable bonds is 5. The molecule has 4 atom stereocenters. The molecule has 0 spiro atoms. The van der Waals surface area contributed by atoms with Gasteiger partial charge in [0.15, 0.2) is 0 Å². The van der Waals surface area contributed by atoms with E-state index >= 15 is 0 Å². The van der Waals surface area contributed by atoms with Gasteiger partial charge in [0.2, 0.25) is 5.91 Å². The molecule has 1 aliphatic carbocycles. The van der Waals surface area contributed by atoms with E-state index in [0.29, 0.717) is 24.5 Å². The fourth-order valence-corrected chi connectivity index (χ4v) is 4.59. The Labute approximate surface area is 146 Å². The van der Waals surface area contributed by atoms with Crippen molar-refractivity contribution in [3.63, 3.8) is 0 Å². The molecule has 6 heteroatoms. The van der Waals surface area contributed by atoms with E-state index in [-0.39, 0.29) is 23.5 Å². The lowest BCUT2D eigenvalue weighted by atomic mass is 9.98. The molecule has 0 aromatic heterocycles. The molecule has 2 saturated heterocycles. The van der Waals surface area contributed by atoms with Crippen molar-refractivity contribution in [3.05, 3.63) is 29.8 Å². The van der Waals surface area contributed by atoms with Gasteiger partial charge in [-0.15, -0.1) is 0 Å². The second kappa shape index (κ2) is 6.56. The van der Waals surface area contributed by atoms with Crippen molar-refractivity contribution >= 4 is 5.91 Å². The summed E-state index contributed by atoms with van der Waals surface area (Å²) in [6.07, 6.45) is 5.15. The Bertz CT molecular complexity index is 642. The first-order valence-corrected chi connectivity index (χ1v) is 9.09. The molecule has 2 heterocycles. The topological polar surface area (TPSA) is 41.6 Å². The third kappa shape index (κ3) is 3.36. The minimum atomic E-state index is -2.85. The van der Waals surface area contributed by atoms with Gasteiger partial charge in [0.1, 0.15) is 5.75 Å². The van der Waals surface area contributed by atoms with E-state index in [9.17, 15) is 13.6 Å². The fourth-order valence-electron chi connectivity index (χ4n) is 4.59. The molecule has 3 aliphatic rings. The number of amides is 1. The number of halogens is 2. The lowest BCUT2D eigenvalue weighted by Crippen LogP contribution is -2.49. The SMILES string of the molecule is CN(C(=O)C1CC1c1ccccc1OC(F)F)C1CC2CCC(C1)N2. The zero-order valence-corrected chi connectivity index (χ0v) is 14.3. The molecule has 3 fully saturated rings. The molecule has 25 heavy (non-hydrogen) atoms. The summed E-state index contributed by atoms with van der Waals surface area (Å²) in [7, 11) is 1.90. The van der Waals surface area contributed by atoms with Crippen molar-refractivity contribution in [1.82, 2.24) is 10.2 Å². The molecule has 4 nitrogen and oxygen atoms in total. The van der Waals surface area contributed by atoms with E-state index < -0.39 is 6.61 Å². The Morgan fingerprint density at radius 2 is 1.88 bits per heavy atom. The third-order valence-electron chi connectivity index (χ3n) is 5.99. The largest absolute Gasteiger partial charge is 0.435 e. The van der Waals surface area contributed by atoms with Crippen LogP contribution < -0.4 is 10.1 Å². The number of ether oxygens (including phenoxy) is 1. The Kier molecular flexibility index (Phi) is 4.40. The Morgan fingerprint density at radius 3 is 2.56 bits per heavy atom. The van der Waals surface area contributed by atoms with Crippen LogP contribution in [0.15, 0.2) is 24.3 Å². The summed E-state index contributed by atoms with van der Waals surface area (Å²) in [6, 6.07) is 8.19. The smallest absolute Gasteiger partial charge is 0.387 e. The standard InChI is InChI=1S/C19H24F2N2O2/c1-23(13-8-11-6-7-12(9-13)22-11)18(24)16-10-15(16)14-4-2-3-5-17(14)25-19(20)21/h2-5,11-13,15-16,19,22H,6-10H2,1H3. The monoisotopic (exact) mass is 350 g/mol. The molecule has 4 rings (SSSR count). The molecule has 1 saturated carbocycles. The van der Waals surface area contributed by atoms with Gasteiger partial charge in [-0.2, -0.15) is 8.78 Å². The van der Waals surface area contributed by atoms with Gasteiger partial charge in [-0.1, -0.05) is 18.2 Å². The molecule has 136 valence electrons. The number of alkyl halides is 2. The zero-order chi connectivity index (χ0) is 17.6. The molecule has 1 N–H and O–H groups in total. The van der Waals surface area contributed by atoms with Crippen LogP contribution >= 0.6 is 0 Å². The summed E-state index contributed by atoms with van der Waals surface area (Å²) >= 11 is 0. The van der Waals surface area contributed by atoms with Crippen molar-refractivity contribution in [2.45, 2.75) is 62.8 Å². The molecule has 4 unspecified atom stereocenters. The molecule has 1 aromatic rings. The molecular weight excluding hydrogens is 326 g/mol. The minimum Gasteiger partial charge on any atom is -0.435 e. The number of hydrogen-bond donors (Lipinski definition) is 1. The van der Waals surface area contributed by atoms with Gasteiger partial charge in [0.25, 0.3) is 0 Å². The number of para-hydroxylation sites is 1. The number of nitrogens with one attached hydrogen (secondary N) is 1. The lowest BCUT2D eigenvalue weighted by molar-refractivity contribution is -0.134. The molecule has 0 radical (unpaired) electrons. The average molecular weight is 350 g/mol. The third-order valence-corrected chi connectivity index (χ3v) is 5.99. The van der Waals surface area contributed by atoms with Crippen molar-refractivity contribution in [3.8, 4) is 5.75 Å². The summed E-state index contributed by atoms with van der Waals surface area (Å²) in [5.74, 6) is 0.215. The Morgan fingerprint density at radius 1 is 1.20 bits per heavy atom. The quantitative estimate of drug-likeness (QED) is 0.887. The van der Waals surface area contributed by atoms with Gasteiger partial charge in [-0.3, -0.25) is 4.79 Å². The highest BCUT2D eigenvalue weighted by Crippen LogP contribution is 2.51. The molecule has 1 aromatic carbocycles. The van der Waals surface area contributed by atoms with Crippen LogP contribution in [-0.2, 0) is 4.79 Å². The number of benzene rings is 1. The number of nitrogens with zero attached hydrogens (tertiary/aromatic N) is 1. The average Bonchev–Trinajstić information content (AvgIpc) is 3.32. The van der Waals surface area contributed by atoms with Crippen molar-refractivity contribution < 1.29 is 18.3 Å². The zero-order valence-electron chi connectivity index (χ0n) is 14.3. The number of hydrogen-bond acceptors (Lipinski definition) is 3. The maximum atomic E-state index is 12.9. The van der Waals surface area contributed by atoms with Crippen molar-refractivity contribution in [1.29, 1.82) is 0 Å². The second-order valence-electron chi connectivity index (χ2n) is 7.58. The summed E-state index contributed by atoms with van der Waals surface area (Å²) in [5, 5.41) is 3.59. The second-order valence-corrected chi connectivity index (χ2v) is 7.58. The van der Waals surface area contributed by atoms with Crippen LogP contribution in [0.2, 0.25) is 0 Å². The summed E-state index contributed by atoms with van der Waals surface area (Å²) in [5.41, 5.74) is 0.722. The Balaban J connectivity index is 1.42. The van der Waals surface area contributed by atoms with E-state index in [1.807, 2.05) is 18.0 Å². The first kappa shape index (κ1) is 16.8. The number of fused-ring (bicyclic) bond motifs is 2. The maximum absolute atomic E-state index is 12.9. The maximum Gasteiger partial charge on any atom is 0.387 e. The van der Waals surface area contributed by atoms with Crippen LogP contribution in [-0.4, -0.2) is 42.6 Å². The van der Waals surface area contributed by atoms with E-state index in [0.717, 1.165) is 18.4 Å².